The highest BCUT2D eigenvalue weighted by atomic mass is 32.2. The minimum absolute atomic E-state index is 0.0353. The highest BCUT2D eigenvalue weighted by Gasteiger charge is 2.14. The number of carboxylic acids is 1. The fourth-order valence-electron chi connectivity index (χ4n) is 2.02. The minimum Gasteiger partial charge on any atom is -0.497 e. The molecule has 0 heterocycles. The monoisotopic (exact) mass is 335 g/mol. The number of hydrogen-bond donors (Lipinski definition) is 2. The first-order chi connectivity index (χ1) is 10.9. The Bertz CT molecular complexity index is 784. The molecule has 0 aliphatic rings. The first kappa shape index (κ1) is 17.0. The van der Waals surface area contributed by atoms with Crippen molar-refractivity contribution in [2.24, 2.45) is 0 Å². The van der Waals surface area contributed by atoms with Crippen molar-refractivity contribution in [2.45, 2.75) is 11.3 Å². The van der Waals surface area contributed by atoms with Gasteiger partial charge in [0.1, 0.15) is 5.75 Å². The van der Waals surface area contributed by atoms with Crippen molar-refractivity contribution >= 4 is 16.0 Å². The molecule has 0 bridgehead atoms. The van der Waals surface area contributed by atoms with Gasteiger partial charge in [-0.3, -0.25) is 0 Å². The van der Waals surface area contributed by atoms with Crippen LogP contribution < -0.4 is 9.46 Å². The van der Waals surface area contributed by atoms with E-state index in [1.807, 2.05) is 24.3 Å². The van der Waals surface area contributed by atoms with E-state index in [1.165, 1.54) is 24.3 Å². The Morgan fingerprint density at radius 1 is 1.17 bits per heavy atom. The average Bonchev–Trinajstić information content (AvgIpc) is 2.55. The van der Waals surface area contributed by atoms with Crippen molar-refractivity contribution in [2.75, 3.05) is 13.7 Å². The predicted molar refractivity (Wildman–Crippen MR) is 85.3 cm³/mol. The molecule has 0 unspecified atom stereocenters. The van der Waals surface area contributed by atoms with Crippen LogP contribution in [0.1, 0.15) is 15.9 Å². The SMILES string of the molecule is COc1cccc(CCNS(=O)(=O)c2ccc(C(=O)O)cc2)c1. The molecule has 2 N–H and O–H groups in total. The zero-order chi connectivity index (χ0) is 16.9. The van der Waals surface area contributed by atoms with Crippen LogP contribution in [-0.2, 0) is 16.4 Å². The molecule has 2 rings (SSSR count). The van der Waals surface area contributed by atoms with Crippen LogP contribution in [-0.4, -0.2) is 33.1 Å². The van der Waals surface area contributed by atoms with Gasteiger partial charge in [-0.25, -0.2) is 17.9 Å². The molecule has 0 spiro atoms. The summed E-state index contributed by atoms with van der Waals surface area (Å²) >= 11 is 0. The summed E-state index contributed by atoms with van der Waals surface area (Å²) in [5, 5.41) is 8.81. The smallest absolute Gasteiger partial charge is 0.335 e. The molecule has 0 aliphatic carbocycles. The number of carboxylic acid groups (broad SMARTS) is 1. The zero-order valence-electron chi connectivity index (χ0n) is 12.5. The van der Waals surface area contributed by atoms with Gasteiger partial charge >= 0.3 is 5.97 Å². The van der Waals surface area contributed by atoms with E-state index in [0.717, 1.165) is 11.3 Å². The van der Waals surface area contributed by atoms with Crippen molar-refractivity contribution < 1.29 is 23.1 Å². The molecular formula is C16H17NO5S. The van der Waals surface area contributed by atoms with Crippen LogP contribution in [0, 0.1) is 0 Å². The average molecular weight is 335 g/mol. The van der Waals surface area contributed by atoms with E-state index < -0.39 is 16.0 Å². The number of benzene rings is 2. The summed E-state index contributed by atoms with van der Waals surface area (Å²) in [5.41, 5.74) is 0.994. The highest BCUT2D eigenvalue weighted by molar-refractivity contribution is 7.89. The van der Waals surface area contributed by atoms with E-state index in [-0.39, 0.29) is 17.0 Å². The van der Waals surface area contributed by atoms with Crippen molar-refractivity contribution in [1.29, 1.82) is 0 Å². The molecule has 23 heavy (non-hydrogen) atoms. The van der Waals surface area contributed by atoms with Crippen LogP contribution in [0.2, 0.25) is 0 Å². The molecule has 6 nitrogen and oxygen atoms in total. The number of carbonyl (C=O) groups is 1. The van der Waals surface area contributed by atoms with E-state index in [2.05, 4.69) is 4.72 Å². The van der Waals surface area contributed by atoms with Gasteiger partial charge in [-0.15, -0.1) is 0 Å². The van der Waals surface area contributed by atoms with E-state index >= 15 is 0 Å². The molecule has 2 aromatic carbocycles. The summed E-state index contributed by atoms with van der Waals surface area (Å²) in [6.45, 7) is 0.232. The van der Waals surface area contributed by atoms with Crippen LogP contribution in [0.5, 0.6) is 5.75 Å². The van der Waals surface area contributed by atoms with Crippen LogP contribution in [0.4, 0.5) is 0 Å². The van der Waals surface area contributed by atoms with Crippen LogP contribution in [0.15, 0.2) is 53.4 Å². The number of methoxy groups -OCH3 is 1. The maximum absolute atomic E-state index is 12.1. The largest absolute Gasteiger partial charge is 0.497 e. The molecule has 0 aliphatic heterocycles. The van der Waals surface area contributed by atoms with E-state index in [1.54, 1.807) is 7.11 Å². The van der Waals surface area contributed by atoms with Crippen molar-refractivity contribution in [3.8, 4) is 5.75 Å². The zero-order valence-corrected chi connectivity index (χ0v) is 13.3. The highest BCUT2D eigenvalue weighted by Crippen LogP contribution is 2.14. The molecule has 0 fully saturated rings. The van der Waals surface area contributed by atoms with Gasteiger partial charge < -0.3 is 9.84 Å². The topological polar surface area (TPSA) is 92.7 Å². The van der Waals surface area contributed by atoms with Crippen LogP contribution in [0.3, 0.4) is 0 Å². The summed E-state index contributed by atoms with van der Waals surface area (Å²) in [7, 11) is -2.09. The standard InChI is InChI=1S/C16H17NO5S/c1-22-14-4-2-3-12(11-14)9-10-17-23(20,21)15-7-5-13(6-8-15)16(18)19/h2-8,11,17H,9-10H2,1H3,(H,18,19). The molecule has 0 radical (unpaired) electrons. The lowest BCUT2D eigenvalue weighted by Gasteiger charge is -2.08. The van der Waals surface area contributed by atoms with Gasteiger partial charge in [0.25, 0.3) is 0 Å². The second-order valence-corrected chi connectivity index (χ2v) is 6.60. The molecule has 2 aromatic rings. The van der Waals surface area contributed by atoms with Gasteiger partial charge in [0.15, 0.2) is 0 Å². The summed E-state index contributed by atoms with van der Waals surface area (Å²) in [6, 6.07) is 12.5. The van der Waals surface area contributed by atoms with Crippen LogP contribution >= 0.6 is 0 Å². The maximum atomic E-state index is 12.1. The third-order valence-electron chi connectivity index (χ3n) is 3.25. The second-order valence-electron chi connectivity index (χ2n) is 4.83. The van der Waals surface area contributed by atoms with Gasteiger partial charge in [-0.1, -0.05) is 12.1 Å². The van der Waals surface area contributed by atoms with Crippen molar-refractivity contribution in [3.05, 3.63) is 59.7 Å². The molecule has 7 heteroatoms. The molecule has 0 aromatic heterocycles. The number of hydrogen-bond acceptors (Lipinski definition) is 4. The summed E-state index contributed by atoms with van der Waals surface area (Å²) in [6.07, 6.45) is 0.517. The number of ether oxygens (including phenoxy) is 1. The molecule has 0 atom stereocenters. The predicted octanol–water partition coefficient (Wildman–Crippen LogP) is 1.91. The minimum atomic E-state index is -3.66. The van der Waals surface area contributed by atoms with Crippen molar-refractivity contribution in [3.63, 3.8) is 0 Å². The fraction of sp³-hybridized carbons (Fsp3) is 0.188. The molecule has 122 valence electrons. The van der Waals surface area contributed by atoms with Gasteiger partial charge in [-0.05, 0) is 48.4 Å². The first-order valence-corrected chi connectivity index (χ1v) is 8.36. The fourth-order valence-corrected chi connectivity index (χ4v) is 3.05. The maximum Gasteiger partial charge on any atom is 0.335 e. The van der Waals surface area contributed by atoms with Gasteiger partial charge in [0.2, 0.25) is 10.0 Å². The molecule has 0 saturated carbocycles. The third-order valence-corrected chi connectivity index (χ3v) is 4.73. The van der Waals surface area contributed by atoms with E-state index in [0.29, 0.717) is 6.42 Å². The number of aromatic carboxylic acids is 1. The summed E-state index contributed by atoms with van der Waals surface area (Å²) in [4.78, 5) is 10.8. The lowest BCUT2D eigenvalue weighted by atomic mass is 10.1. The molecule has 0 amide bonds. The number of sulfonamides is 1. The Labute approximate surface area is 134 Å². The Morgan fingerprint density at radius 2 is 1.87 bits per heavy atom. The van der Waals surface area contributed by atoms with Crippen molar-refractivity contribution in [1.82, 2.24) is 4.72 Å². The quantitative estimate of drug-likeness (QED) is 0.806. The first-order valence-electron chi connectivity index (χ1n) is 6.88. The van der Waals surface area contributed by atoms with Gasteiger partial charge in [-0.2, -0.15) is 0 Å². The number of rotatable bonds is 7. The molecular weight excluding hydrogens is 318 g/mol. The summed E-state index contributed by atoms with van der Waals surface area (Å²) < 4.78 is 31.9. The van der Waals surface area contributed by atoms with Gasteiger partial charge in [0.05, 0.1) is 17.6 Å². The lowest BCUT2D eigenvalue weighted by Crippen LogP contribution is -2.26. The Kier molecular flexibility index (Phi) is 5.36. The Balaban J connectivity index is 1.99. The summed E-state index contributed by atoms with van der Waals surface area (Å²) in [5.74, 6) is -0.380. The third kappa shape index (κ3) is 4.54. The lowest BCUT2D eigenvalue weighted by molar-refractivity contribution is 0.0696. The van der Waals surface area contributed by atoms with Crippen LogP contribution in [0.25, 0.3) is 0 Å². The second kappa shape index (κ2) is 7.26. The van der Waals surface area contributed by atoms with E-state index in [4.69, 9.17) is 9.84 Å². The van der Waals surface area contributed by atoms with Gasteiger partial charge in [0, 0.05) is 6.54 Å². The Morgan fingerprint density at radius 3 is 2.48 bits per heavy atom. The molecule has 0 saturated heterocycles. The number of nitrogens with one attached hydrogen (secondary N) is 1. The normalized spacial score (nSPS) is 11.2. The van der Waals surface area contributed by atoms with E-state index in [9.17, 15) is 13.2 Å². The Hall–Kier alpha value is -2.38.